The molecule has 2 fully saturated rings. The van der Waals surface area contributed by atoms with E-state index >= 15 is 0 Å². The molecule has 1 aliphatic carbocycles. The first-order chi connectivity index (χ1) is 7.33. The third-order valence-corrected chi connectivity index (χ3v) is 8.52. The van der Waals surface area contributed by atoms with Crippen LogP contribution in [0.3, 0.4) is 0 Å². The van der Waals surface area contributed by atoms with E-state index in [1.54, 1.807) is 12.1 Å². The fraction of sp³-hybridized carbons (Fsp3) is 1.00. The molecule has 1 saturated carbocycles. The van der Waals surface area contributed by atoms with E-state index in [4.69, 9.17) is 0 Å². The Labute approximate surface area is 96.9 Å². The third-order valence-electron chi connectivity index (χ3n) is 4.59. The summed E-state index contributed by atoms with van der Waals surface area (Å²) < 4.78 is 3.04. The fourth-order valence-electron chi connectivity index (χ4n) is 3.63. The van der Waals surface area contributed by atoms with Crippen molar-refractivity contribution >= 4 is 8.96 Å². The van der Waals surface area contributed by atoms with Crippen LogP contribution < -0.4 is 0 Å². The van der Waals surface area contributed by atoms with Crippen LogP contribution in [0.4, 0.5) is 0 Å². The zero-order chi connectivity index (χ0) is 10.7. The molecule has 1 unspecified atom stereocenters. The first kappa shape index (κ1) is 11.7. The first-order valence-corrected chi connectivity index (χ1v) is 9.25. The summed E-state index contributed by atoms with van der Waals surface area (Å²) >= 11 is 0. The smallest absolute Gasteiger partial charge is 0.112 e. The molecule has 0 spiro atoms. The van der Waals surface area contributed by atoms with Crippen molar-refractivity contribution in [1.29, 1.82) is 0 Å². The summed E-state index contributed by atoms with van der Waals surface area (Å²) in [5, 5.41) is 0. The fourth-order valence-corrected chi connectivity index (χ4v) is 7.86. The maximum atomic E-state index is 3.04. The van der Waals surface area contributed by atoms with Gasteiger partial charge in [0.05, 0.1) is 0 Å². The molecule has 2 aliphatic rings. The Bertz CT molecular complexity index is 167. The Kier molecular flexibility index (Phi) is 4.27. The number of nitrogens with zero attached hydrogens (tertiary/aromatic N) is 1. The van der Waals surface area contributed by atoms with Crippen LogP contribution in [-0.2, 0) is 0 Å². The lowest BCUT2D eigenvalue weighted by atomic mass is 10.2. The van der Waals surface area contributed by atoms with Gasteiger partial charge in [0.15, 0.2) is 0 Å². The van der Waals surface area contributed by atoms with Crippen LogP contribution in [0, 0.1) is 0 Å². The normalized spacial score (nSPS) is 26.6. The van der Waals surface area contributed by atoms with Crippen LogP contribution in [-0.4, -0.2) is 25.6 Å². The van der Waals surface area contributed by atoms with Gasteiger partial charge in [-0.25, -0.2) is 0 Å². The molecular formula is C13H27NSi. The van der Waals surface area contributed by atoms with Crippen molar-refractivity contribution < 1.29 is 0 Å². The second-order valence-electron chi connectivity index (χ2n) is 5.58. The molecule has 0 aromatic heterocycles. The Morgan fingerprint density at radius 2 is 1.73 bits per heavy atom. The van der Waals surface area contributed by atoms with E-state index in [1.165, 1.54) is 44.9 Å². The molecule has 1 aliphatic heterocycles. The standard InChI is InChI=1S/C13H27NSi/c1-3-12(2)14(13-8-4-5-9-13)15-10-6-7-11-15/h12-13,15H,3-11H2,1-2H3. The van der Waals surface area contributed by atoms with Gasteiger partial charge in [-0.1, -0.05) is 39.5 Å². The molecule has 15 heavy (non-hydrogen) atoms. The van der Waals surface area contributed by atoms with Crippen molar-refractivity contribution in [2.75, 3.05) is 0 Å². The van der Waals surface area contributed by atoms with Crippen LogP contribution in [0.15, 0.2) is 0 Å². The number of rotatable bonds is 4. The maximum Gasteiger partial charge on any atom is 0.112 e. The molecule has 1 saturated heterocycles. The monoisotopic (exact) mass is 225 g/mol. The second-order valence-corrected chi connectivity index (χ2v) is 8.64. The molecule has 88 valence electrons. The molecule has 0 amide bonds. The third kappa shape index (κ3) is 2.65. The minimum atomic E-state index is -0.491. The molecular weight excluding hydrogens is 198 g/mol. The first-order valence-electron chi connectivity index (χ1n) is 7.10. The highest BCUT2D eigenvalue weighted by molar-refractivity contribution is 6.56. The topological polar surface area (TPSA) is 3.24 Å². The molecule has 0 aromatic carbocycles. The number of hydrogen-bond acceptors (Lipinski definition) is 1. The average molecular weight is 225 g/mol. The van der Waals surface area contributed by atoms with Crippen LogP contribution >= 0.6 is 0 Å². The Hall–Kier alpha value is 0.177. The van der Waals surface area contributed by atoms with Gasteiger partial charge >= 0.3 is 0 Å². The Morgan fingerprint density at radius 1 is 1.13 bits per heavy atom. The molecule has 1 heterocycles. The van der Waals surface area contributed by atoms with Gasteiger partial charge < -0.3 is 4.57 Å². The van der Waals surface area contributed by atoms with Gasteiger partial charge in [-0.2, -0.15) is 0 Å². The van der Waals surface area contributed by atoms with Crippen molar-refractivity contribution in [3.8, 4) is 0 Å². The van der Waals surface area contributed by atoms with Crippen LogP contribution in [0.2, 0.25) is 12.1 Å². The van der Waals surface area contributed by atoms with Crippen molar-refractivity contribution in [3.63, 3.8) is 0 Å². The highest BCUT2D eigenvalue weighted by Crippen LogP contribution is 2.32. The van der Waals surface area contributed by atoms with E-state index in [9.17, 15) is 0 Å². The highest BCUT2D eigenvalue weighted by Gasteiger charge is 2.33. The molecule has 0 N–H and O–H groups in total. The molecule has 2 rings (SSSR count). The van der Waals surface area contributed by atoms with E-state index in [1.807, 2.05) is 0 Å². The van der Waals surface area contributed by atoms with Gasteiger partial charge in [0.1, 0.15) is 8.96 Å². The van der Waals surface area contributed by atoms with Gasteiger partial charge in [0.25, 0.3) is 0 Å². The summed E-state index contributed by atoms with van der Waals surface area (Å²) in [6.07, 6.45) is 10.5. The molecule has 0 radical (unpaired) electrons. The Balaban J connectivity index is 2.00. The summed E-state index contributed by atoms with van der Waals surface area (Å²) in [5.74, 6) is 0. The summed E-state index contributed by atoms with van der Waals surface area (Å²) in [5.41, 5.74) is 0. The average Bonchev–Trinajstić information content (AvgIpc) is 2.90. The Morgan fingerprint density at radius 3 is 2.27 bits per heavy atom. The molecule has 1 atom stereocenters. The zero-order valence-electron chi connectivity index (χ0n) is 10.5. The van der Waals surface area contributed by atoms with E-state index < -0.39 is 8.96 Å². The largest absolute Gasteiger partial charge is 0.321 e. The van der Waals surface area contributed by atoms with Crippen molar-refractivity contribution in [3.05, 3.63) is 0 Å². The van der Waals surface area contributed by atoms with E-state index in [0.717, 1.165) is 12.1 Å². The highest BCUT2D eigenvalue weighted by atomic mass is 28.3. The summed E-state index contributed by atoms with van der Waals surface area (Å²) in [4.78, 5) is 0. The van der Waals surface area contributed by atoms with Gasteiger partial charge in [0, 0.05) is 12.1 Å². The quantitative estimate of drug-likeness (QED) is 0.662. The lowest BCUT2D eigenvalue weighted by molar-refractivity contribution is 0.254. The molecule has 2 heteroatoms. The van der Waals surface area contributed by atoms with Gasteiger partial charge in [0.2, 0.25) is 0 Å². The van der Waals surface area contributed by atoms with Crippen LogP contribution in [0.1, 0.15) is 58.8 Å². The van der Waals surface area contributed by atoms with Gasteiger partial charge in [-0.05, 0) is 31.4 Å². The molecule has 0 bridgehead atoms. The van der Waals surface area contributed by atoms with E-state index in [-0.39, 0.29) is 0 Å². The van der Waals surface area contributed by atoms with Crippen LogP contribution in [0.25, 0.3) is 0 Å². The lowest BCUT2D eigenvalue weighted by Crippen LogP contribution is -2.48. The van der Waals surface area contributed by atoms with E-state index in [0.29, 0.717) is 0 Å². The van der Waals surface area contributed by atoms with Crippen molar-refractivity contribution in [1.82, 2.24) is 4.57 Å². The second kappa shape index (κ2) is 5.49. The maximum absolute atomic E-state index is 3.04. The van der Waals surface area contributed by atoms with E-state index in [2.05, 4.69) is 18.4 Å². The van der Waals surface area contributed by atoms with Gasteiger partial charge in [-0.15, -0.1) is 0 Å². The lowest BCUT2D eigenvalue weighted by Gasteiger charge is -2.38. The molecule has 1 nitrogen and oxygen atoms in total. The van der Waals surface area contributed by atoms with Crippen molar-refractivity contribution in [2.45, 2.75) is 83.0 Å². The number of hydrogen-bond donors (Lipinski definition) is 0. The van der Waals surface area contributed by atoms with Crippen molar-refractivity contribution in [2.24, 2.45) is 0 Å². The SMILES string of the molecule is CCC(C)N(C1CCCC1)[SiH]1CCCC1. The summed E-state index contributed by atoms with van der Waals surface area (Å²) in [6.45, 7) is 4.85. The minimum Gasteiger partial charge on any atom is -0.321 e. The van der Waals surface area contributed by atoms with Crippen LogP contribution in [0.5, 0.6) is 0 Å². The summed E-state index contributed by atoms with van der Waals surface area (Å²) in [6, 6.07) is 5.10. The zero-order valence-corrected chi connectivity index (χ0v) is 11.7. The predicted octanol–water partition coefficient (Wildman–Crippen LogP) is 3.55. The summed E-state index contributed by atoms with van der Waals surface area (Å²) in [7, 11) is -0.491. The minimum absolute atomic E-state index is 0.491. The van der Waals surface area contributed by atoms with Gasteiger partial charge in [-0.3, -0.25) is 0 Å². The predicted molar refractivity (Wildman–Crippen MR) is 69.8 cm³/mol. The molecule has 0 aromatic rings.